The highest BCUT2D eigenvalue weighted by molar-refractivity contribution is 5.75. The van der Waals surface area contributed by atoms with Crippen LogP contribution in [0.2, 0.25) is 0 Å². The van der Waals surface area contributed by atoms with Gasteiger partial charge in [-0.2, -0.15) is 0 Å². The molecule has 0 bridgehead atoms. The molecule has 0 aromatic heterocycles. The van der Waals surface area contributed by atoms with Gasteiger partial charge in [0.25, 0.3) is 0 Å². The summed E-state index contributed by atoms with van der Waals surface area (Å²) in [7, 11) is 0. The molecule has 0 radical (unpaired) electrons. The normalized spacial score (nSPS) is 38.1. The van der Waals surface area contributed by atoms with Crippen LogP contribution in [0.1, 0.15) is 46.0 Å². The molecule has 2 amide bonds. The first-order valence-corrected chi connectivity index (χ1v) is 7.27. The molecule has 5 heteroatoms. The Kier molecular flexibility index (Phi) is 4.32. The predicted octanol–water partition coefficient (Wildman–Crippen LogP) is 1.97. The van der Waals surface area contributed by atoms with Crippen LogP contribution in [0.25, 0.3) is 0 Å². The summed E-state index contributed by atoms with van der Waals surface area (Å²) in [6.45, 7) is 4.40. The van der Waals surface area contributed by atoms with E-state index in [-0.39, 0.29) is 24.0 Å². The molecule has 5 nitrogen and oxygen atoms in total. The third-order valence-corrected chi connectivity index (χ3v) is 4.90. The first-order valence-electron chi connectivity index (χ1n) is 7.27. The van der Waals surface area contributed by atoms with E-state index < -0.39 is 5.97 Å². The number of carboxylic acids is 1. The van der Waals surface area contributed by atoms with Crippen LogP contribution in [0.3, 0.4) is 0 Å². The quantitative estimate of drug-likeness (QED) is 0.732. The molecule has 0 aromatic rings. The number of carboxylic acid groups (broad SMARTS) is 1. The van der Waals surface area contributed by atoms with Crippen molar-refractivity contribution in [2.45, 2.75) is 58.0 Å². The smallest absolute Gasteiger partial charge is 0.315 e. The van der Waals surface area contributed by atoms with Crippen molar-refractivity contribution in [1.29, 1.82) is 0 Å². The molecule has 3 unspecified atom stereocenters. The Morgan fingerprint density at radius 3 is 2.32 bits per heavy atom. The fraction of sp³-hybridized carbons (Fsp3) is 0.857. The van der Waals surface area contributed by atoms with E-state index in [0.29, 0.717) is 24.7 Å². The molecule has 2 aliphatic rings. The van der Waals surface area contributed by atoms with Crippen molar-refractivity contribution in [3.63, 3.8) is 0 Å². The van der Waals surface area contributed by atoms with E-state index in [0.717, 1.165) is 19.3 Å². The molecule has 0 heterocycles. The highest BCUT2D eigenvalue weighted by Gasteiger charge is 2.33. The summed E-state index contributed by atoms with van der Waals surface area (Å²) in [5.74, 6) is 0.132. The number of hydrogen-bond donors (Lipinski definition) is 3. The van der Waals surface area contributed by atoms with E-state index in [1.54, 1.807) is 0 Å². The maximum Gasteiger partial charge on any atom is 0.315 e. The van der Waals surface area contributed by atoms with Gasteiger partial charge < -0.3 is 15.7 Å². The third-order valence-electron chi connectivity index (χ3n) is 4.90. The summed E-state index contributed by atoms with van der Waals surface area (Å²) in [4.78, 5) is 22.8. The zero-order valence-electron chi connectivity index (χ0n) is 11.7. The van der Waals surface area contributed by atoms with Gasteiger partial charge in [0.1, 0.15) is 0 Å². The van der Waals surface area contributed by atoms with Crippen LogP contribution in [0.4, 0.5) is 4.79 Å². The summed E-state index contributed by atoms with van der Waals surface area (Å²) in [5.41, 5.74) is 0. The van der Waals surface area contributed by atoms with Crippen molar-refractivity contribution in [1.82, 2.24) is 10.6 Å². The van der Waals surface area contributed by atoms with Gasteiger partial charge in [0, 0.05) is 12.1 Å². The van der Waals surface area contributed by atoms with Crippen LogP contribution in [0, 0.1) is 17.8 Å². The van der Waals surface area contributed by atoms with Crippen LogP contribution in [-0.2, 0) is 4.79 Å². The lowest BCUT2D eigenvalue weighted by Crippen LogP contribution is -2.46. The van der Waals surface area contributed by atoms with Gasteiger partial charge in [0.2, 0.25) is 0 Å². The van der Waals surface area contributed by atoms with Gasteiger partial charge >= 0.3 is 12.0 Å². The van der Waals surface area contributed by atoms with Crippen molar-refractivity contribution >= 4 is 12.0 Å². The van der Waals surface area contributed by atoms with Gasteiger partial charge in [-0.05, 0) is 43.9 Å². The summed E-state index contributed by atoms with van der Waals surface area (Å²) < 4.78 is 0. The second-order valence-electron chi connectivity index (χ2n) is 6.18. The molecule has 0 saturated heterocycles. The maximum atomic E-state index is 11.9. The molecule has 2 rings (SSSR count). The number of carbonyl (C=O) groups is 2. The molecule has 0 aromatic carbocycles. The lowest BCUT2D eigenvalue weighted by atomic mass is 9.98. The second kappa shape index (κ2) is 5.80. The Labute approximate surface area is 114 Å². The average Bonchev–Trinajstić information content (AvgIpc) is 2.91. The molecular weight excluding hydrogens is 244 g/mol. The van der Waals surface area contributed by atoms with Gasteiger partial charge in [0.05, 0.1) is 5.92 Å². The molecule has 0 aliphatic heterocycles. The van der Waals surface area contributed by atoms with E-state index in [2.05, 4.69) is 24.5 Å². The van der Waals surface area contributed by atoms with Crippen molar-refractivity contribution in [2.24, 2.45) is 17.8 Å². The Bertz CT molecular complexity index is 359. The first-order chi connectivity index (χ1) is 8.97. The minimum absolute atomic E-state index is 0.00947. The first kappa shape index (κ1) is 14.2. The minimum Gasteiger partial charge on any atom is -0.481 e. The summed E-state index contributed by atoms with van der Waals surface area (Å²) in [6, 6.07) is 0.129. The Morgan fingerprint density at radius 1 is 1.05 bits per heavy atom. The van der Waals surface area contributed by atoms with Gasteiger partial charge in [-0.3, -0.25) is 4.79 Å². The maximum absolute atomic E-state index is 11.9. The number of hydrogen-bond acceptors (Lipinski definition) is 2. The average molecular weight is 268 g/mol. The largest absolute Gasteiger partial charge is 0.481 e. The number of aliphatic carboxylic acids is 1. The Balaban J connectivity index is 1.75. The van der Waals surface area contributed by atoms with Gasteiger partial charge in [-0.15, -0.1) is 0 Å². The number of carbonyl (C=O) groups excluding carboxylic acids is 1. The second-order valence-corrected chi connectivity index (χ2v) is 6.18. The number of urea groups is 1. The molecule has 19 heavy (non-hydrogen) atoms. The lowest BCUT2D eigenvalue weighted by Gasteiger charge is -2.21. The highest BCUT2D eigenvalue weighted by atomic mass is 16.4. The minimum atomic E-state index is -0.747. The molecule has 2 saturated carbocycles. The summed E-state index contributed by atoms with van der Waals surface area (Å²) in [5, 5.41) is 14.9. The van der Waals surface area contributed by atoms with Crippen LogP contribution in [-0.4, -0.2) is 29.2 Å². The van der Waals surface area contributed by atoms with Crippen molar-refractivity contribution in [2.75, 3.05) is 0 Å². The fourth-order valence-corrected chi connectivity index (χ4v) is 3.30. The van der Waals surface area contributed by atoms with Crippen LogP contribution < -0.4 is 10.6 Å². The molecule has 2 fully saturated rings. The molecule has 108 valence electrons. The zero-order chi connectivity index (χ0) is 14.0. The van der Waals surface area contributed by atoms with E-state index in [1.165, 1.54) is 0 Å². The van der Waals surface area contributed by atoms with E-state index in [9.17, 15) is 9.59 Å². The number of nitrogens with one attached hydrogen (secondary N) is 2. The standard InChI is InChI=1S/C14H24N2O3/c1-8-3-6-12(9(8)2)16-14(19)15-11-5-4-10(7-11)13(17)18/h8-12H,3-7H2,1-2H3,(H,17,18)(H2,15,16,19)/t8?,9?,10-,11+,12?/m1/s1. The number of amides is 2. The highest BCUT2D eigenvalue weighted by Crippen LogP contribution is 2.31. The van der Waals surface area contributed by atoms with Crippen LogP contribution >= 0.6 is 0 Å². The lowest BCUT2D eigenvalue weighted by molar-refractivity contribution is -0.141. The third kappa shape index (κ3) is 3.39. The van der Waals surface area contributed by atoms with Crippen molar-refractivity contribution < 1.29 is 14.7 Å². The summed E-state index contributed by atoms with van der Waals surface area (Å²) >= 11 is 0. The molecule has 3 N–H and O–H groups in total. The van der Waals surface area contributed by atoms with Crippen molar-refractivity contribution in [3.05, 3.63) is 0 Å². The number of rotatable bonds is 3. The fourth-order valence-electron chi connectivity index (χ4n) is 3.30. The van der Waals surface area contributed by atoms with Crippen LogP contribution in [0.15, 0.2) is 0 Å². The summed E-state index contributed by atoms with van der Waals surface area (Å²) in [6.07, 6.45) is 4.19. The monoisotopic (exact) mass is 268 g/mol. The molecule has 0 spiro atoms. The Morgan fingerprint density at radius 2 is 1.79 bits per heavy atom. The topological polar surface area (TPSA) is 78.4 Å². The zero-order valence-corrected chi connectivity index (χ0v) is 11.7. The molecular formula is C14H24N2O3. The molecule has 5 atom stereocenters. The van der Waals surface area contributed by atoms with E-state index in [1.807, 2.05) is 0 Å². The van der Waals surface area contributed by atoms with E-state index >= 15 is 0 Å². The van der Waals surface area contributed by atoms with Crippen molar-refractivity contribution in [3.8, 4) is 0 Å². The van der Waals surface area contributed by atoms with Gasteiger partial charge in [0.15, 0.2) is 0 Å². The Hall–Kier alpha value is -1.26. The van der Waals surface area contributed by atoms with Gasteiger partial charge in [-0.1, -0.05) is 13.8 Å². The predicted molar refractivity (Wildman–Crippen MR) is 71.8 cm³/mol. The van der Waals surface area contributed by atoms with E-state index in [4.69, 9.17) is 5.11 Å². The van der Waals surface area contributed by atoms with Gasteiger partial charge in [-0.25, -0.2) is 4.79 Å². The SMILES string of the molecule is CC1CCC(NC(=O)N[C@H]2CC[C@@H](C(=O)O)C2)C1C. The molecule has 2 aliphatic carbocycles. The van der Waals surface area contributed by atoms with Crippen LogP contribution in [0.5, 0.6) is 0 Å².